The van der Waals surface area contributed by atoms with Gasteiger partial charge in [0.25, 0.3) is 0 Å². The molecule has 12 heteroatoms. The molecule has 0 saturated carbocycles. The van der Waals surface area contributed by atoms with E-state index in [1.165, 1.54) is 24.3 Å². The van der Waals surface area contributed by atoms with Crippen molar-refractivity contribution in [2.24, 2.45) is 0 Å². The number of rotatable bonds is 5. The molecule has 7 nitrogen and oxygen atoms in total. The van der Waals surface area contributed by atoms with Crippen LogP contribution < -0.4 is 9.47 Å². The number of hydrogen-bond donors (Lipinski definition) is 1. The molecule has 0 fully saturated rings. The number of halogens is 4. The molecule has 0 amide bonds. The summed E-state index contributed by atoms with van der Waals surface area (Å²) in [5.74, 6) is -14.3. The molecule has 3 aromatic carbocycles. The van der Waals surface area contributed by atoms with Gasteiger partial charge in [-0.25, -0.2) is 18.4 Å². The lowest BCUT2D eigenvalue weighted by atomic mass is 10.1. The zero-order valence-electron chi connectivity index (χ0n) is 15.5. The Kier molecular flexibility index (Phi) is 6.27. The van der Waals surface area contributed by atoms with Crippen LogP contribution in [0.1, 0.15) is 20.7 Å². The summed E-state index contributed by atoms with van der Waals surface area (Å²) in [6.45, 7) is 0. The van der Waals surface area contributed by atoms with E-state index in [9.17, 15) is 35.6 Å². The maximum Gasteiger partial charge on any atom is 0.344 e. The normalized spacial score (nSPS) is 11.2. The Morgan fingerprint density at radius 3 is 1.59 bits per heavy atom. The predicted molar refractivity (Wildman–Crippen MR) is 98.9 cm³/mol. The van der Waals surface area contributed by atoms with Gasteiger partial charge < -0.3 is 9.47 Å². The highest BCUT2D eigenvalue weighted by atomic mass is 32.2. The first-order valence-electron chi connectivity index (χ1n) is 8.44. The number of carbonyl (C=O) groups excluding carboxylic acids is 2. The van der Waals surface area contributed by atoms with Gasteiger partial charge in [-0.15, -0.1) is 0 Å². The molecule has 3 rings (SSSR count). The standard InChI is InChI=1S/C20H10F4O7S/c21-13-15(23)18(32(27,28)29)16(24)14(22)17(13)31-20(26)12-9-5-4-8-11(12)19(25)30-10-6-2-1-3-7-10/h1-9H,(H,27,28,29). The minimum absolute atomic E-state index is 0.114. The van der Waals surface area contributed by atoms with Gasteiger partial charge in [-0.05, 0) is 24.3 Å². The lowest BCUT2D eigenvalue weighted by Gasteiger charge is -2.12. The van der Waals surface area contributed by atoms with Gasteiger partial charge in [0.15, 0.2) is 16.5 Å². The Hall–Kier alpha value is -3.77. The third-order valence-electron chi connectivity index (χ3n) is 3.96. The molecular formula is C20H10F4O7S. The summed E-state index contributed by atoms with van der Waals surface area (Å²) in [6, 6.07) is 12.4. The van der Waals surface area contributed by atoms with Gasteiger partial charge in [0.2, 0.25) is 17.4 Å². The van der Waals surface area contributed by atoms with Crippen molar-refractivity contribution in [1.29, 1.82) is 0 Å². The second-order valence-electron chi connectivity index (χ2n) is 6.03. The number of ether oxygens (including phenoxy) is 2. The van der Waals surface area contributed by atoms with Gasteiger partial charge in [0.1, 0.15) is 5.75 Å². The highest BCUT2D eigenvalue weighted by Crippen LogP contribution is 2.33. The molecule has 166 valence electrons. The van der Waals surface area contributed by atoms with E-state index in [0.29, 0.717) is 0 Å². The molecule has 0 heterocycles. The molecule has 0 spiro atoms. The van der Waals surface area contributed by atoms with Crippen molar-refractivity contribution in [2.75, 3.05) is 0 Å². The average molecular weight is 470 g/mol. The van der Waals surface area contributed by atoms with Gasteiger partial charge in [0, 0.05) is 0 Å². The highest BCUT2D eigenvalue weighted by Gasteiger charge is 2.34. The van der Waals surface area contributed by atoms with E-state index in [4.69, 9.17) is 9.29 Å². The van der Waals surface area contributed by atoms with Crippen molar-refractivity contribution < 1.29 is 49.6 Å². The summed E-state index contributed by atoms with van der Waals surface area (Å²) in [7, 11) is -5.69. The van der Waals surface area contributed by atoms with Crippen LogP contribution >= 0.6 is 0 Å². The fourth-order valence-electron chi connectivity index (χ4n) is 2.54. The Balaban J connectivity index is 1.98. The van der Waals surface area contributed by atoms with Gasteiger partial charge in [0.05, 0.1) is 11.1 Å². The molecule has 1 N–H and O–H groups in total. The lowest BCUT2D eigenvalue weighted by Crippen LogP contribution is -2.19. The SMILES string of the molecule is O=C(Oc1ccccc1)c1ccccc1C(=O)Oc1c(F)c(F)c(S(=O)(=O)O)c(F)c1F. The third-order valence-corrected chi connectivity index (χ3v) is 4.83. The van der Waals surface area contributed by atoms with E-state index in [1.807, 2.05) is 0 Å². The van der Waals surface area contributed by atoms with Gasteiger partial charge in [-0.2, -0.15) is 17.2 Å². The first-order valence-corrected chi connectivity index (χ1v) is 9.88. The molecule has 0 aromatic heterocycles. The maximum atomic E-state index is 14.1. The molecule has 0 aliphatic heterocycles. The Labute approximate surface area is 177 Å². The molecule has 0 aliphatic rings. The van der Waals surface area contributed by atoms with Crippen LogP contribution in [0.2, 0.25) is 0 Å². The summed E-state index contributed by atoms with van der Waals surface area (Å²) >= 11 is 0. The topological polar surface area (TPSA) is 107 Å². The van der Waals surface area contributed by atoms with E-state index in [2.05, 4.69) is 4.74 Å². The monoisotopic (exact) mass is 470 g/mol. The zero-order chi connectivity index (χ0) is 23.6. The van der Waals surface area contributed by atoms with Crippen LogP contribution in [-0.2, 0) is 10.1 Å². The largest absolute Gasteiger partial charge is 0.423 e. The third kappa shape index (κ3) is 4.45. The van der Waals surface area contributed by atoms with E-state index in [-0.39, 0.29) is 5.75 Å². The molecule has 0 radical (unpaired) electrons. The molecule has 0 atom stereocenters. The van der Waals surface area contributed by atoms with Gasteiger partial charge in [-0.1, -0.05) is 30.3 Å². The van der Waals surface area contributed by atoms with Crippen molar-refractivity contribution >= 4 is 22.1 Å². The summed E-state index contributed by atoms with van der Waals surface area (Å²) in [5.41, 5.74) is -0.982. The van der Waals surface area contributed by atoms with Crippen LogP contribution in [0.15, 0.2) is 59.5 Å². The fraction of sp³-hybridized carbons (Fsp3) is 0. The number of carbonyl (C=O) groups is 2. The summed E-state index contributed by atoms with van der Waals surface area (Å²) in [6.07, 6.45) is 0. The smallest absolute Gasteiger partial charge is 0.344 e. The van der Waals surface area contributed by atoms with Gasteiger partial charge in [-0.3, -0.25) is 4.55 Å². The molecule has 0 unspecified atom stereocenters. The minimum Gasteiger partial charge on any atom is -0.423 e. The Bertz CT molecular complexity index is 1300. The van der Waals surface area contributed by atoms with Crippen LogP contribution in [0, 0.1) is 23.3 Å². The molecule has 32 heavy (non-hydrogen) atoms. The first kappa shape index (κ1) is 22.9. The van der Waals surface area contributed by atoms with Crippen molar-refractivity contribution in [2.45, 2.75) is 4.90 Å². The van der Waals surface area contributed by atoms with E-state index in [0.717, 1.165) is 12.1 Å². The van der Waals surface area contributed by atoms with Crippen molar-refractivity contribution in [3.8, 4) is 11.5 Å². The molecule has 3 aromatic rings. The van der Waals surface area contributed by atoms with Crippen LogP contribution in [0.4, 0.5) is 17.6 Å². The predicted octanol–water partition coefficient (Wildman–Crippen LogP) is 3.93. The summed E-state index contributed by atoms with van der Waals surface area (Å²) in [5, 5.41) is 0. The Morgan fingerprint density at radius 1 is 0.688 bits per heavy atom. The minimum atomic E-state index is -5.69. The van der Waals surface area contributed by atoms with E-state index >= 15 is 0 Å². The average Bonchev–Trinajstić information content (AvgIpc) is 2.75. The quantitative estimate of drug-likeness (QED) is 0.198. The van der Waals surface area contributed by atoms with Crippen molar-refractivity contribution in [3.63, 3.8) is 0 Å². The van der Waals surface area contributed by atoms with Gasteiger partial charge >= 0.3 is 22.1 Å². The summed E-state index contributed by atoms with van der Waals surface area (Å²) in [4.78, 5) is 22.5. The van der Waals surface area contributed by atoms with E-state index < -0.39 is 67.1 Å². The second kappa shape index (κ2) is 8.77. The van der Waals surface area contributed by atoms with Crippen molar-refractivity contribution in [3.05, 3.63) is 89.0 Å². The Morgan fingerprint density at radius 2 is 1.12 bits per heavy atom. The van der Waals surface area contributed by atoms with Crippen LogP contribution in [0.3, 0.4) is 0 Å². The molecule has 0 saturated heterocycles. The number of esters is 2. The number of hydrogen-bond acceptors (Lipinski definition) is 6. The van der Waals surface area contributed by atoms with Crippen LogP contribution in [-0.4, -0.2) is 24.9 Å². The second-order valence-corrected chi connectivity index (χ2v) is 7.39. The molecular weight excluding hydrogens is 460 g/mol. The highest BCUT2D eigenvalue weighted by molar-refractivity contribution is 7.85. The zero-order valence-corrected chi connectivity index (χ0v) is 16.3. The van der Waals surface area contributed by atoms with E-state index in [1.54, 1.807) is 18.2 Å². The molecule has 0 bridgehead atoms. The number of para-hydroxylation sites is 1. The maximum absolute atomic E-state index is 14.1. The fourth-order valence-corrected chi connectivity index (χ4v) is 3.18. The van der Waals surface area contributed by atoms with Crippen LogP contribution in [0.25, 0.3) is 0 Å². The molecule has 0 aliphatic carbocycles. The first-order chi connectivity index (χ1) is 15.0. The summed E-state index contributed by atoms with van der Waals surface area (Å²) < 4.78 is 96.3. The number of benzene rings is 3. The lowest BCUT2D eigenvalue weighted by molar-refractivity contribution is 0.0682. The van der Waals surface area contributed by atoms with Crippen LogP contribution in [0.5, 0.6) is 11.5 Å². The van der Waals surface area contributed by atoms with Crippen molar-refractivity contribution in [1.82, 2.24) is 0 Å².